The molecule has 0 radical (unpaired) electrons. The van der Waals surface area contributed by atoms with Crippen LogP contribution >= 0.6 is 22.6 Å². The summed E-state index contributed by atoms with van der Waals surface area (Å²) >= 11 is 2.17. The number of nitrogens with one attached hydrogen (secondary N) is 1. The van der Waals surface area contributed by atoms with Crippen molar-refractivity contribution in [3.05, 3.63) is 87.5 Å². The first-order chi connectivity index (χ1) is 12.7. The number of oxime groups is 1. The Morgan fingerprint density at radius 2 is 1.69 bits per heavy atom. The van der Waals surface area contributed by atoms with Crippen LogP contribution in [0.1, 0.15) is 15.9 Å². The van der Waals surface area contributed by atoms with Crippen molar-refractivity contribution < 1.29 is 9.63 Å². The smallest absolute Gasteiger partial charge is 0.256 e. The summed E-state index contributed by atoms with van der Waals surface area (Å²) in [6.07, 6.45) is 1.65. The van der Waals surface area contributed by atoms with Crippen molar-refractivity contribution in [3.8, 4) is 11.1 Å². The summed E-state index contributed by atoms with van der Waals surface area (Å²) in [5, 5.41) is 6.79. The molecule has 3 rings (SSSR count). The van der Waals surface area contributed by atoms with Crippen LogP contribution in [0.15, 0.2) is 78.0 Å². The molecular weight excluding hydrogens is 439 g/mol. The second-order valence-corrected chi connectivity index (χ2v) is 6.68. The Kier molecular flexibility index (Phi) is 6.01. The molecule has 0 fully saturated rings. The number of halogens is 1. The summed E-state index contributed by atoms with van der Waals surface area (Å²) in [7, 11) is 1.51. The van der Waals surface area contributed by atoms with Crippen molar-refractivity contribution in [1.29, 1.82) is 0 Å². The molecule has 0 aliphatic heterocycles. The summed E-state index contributed by atoms with van der Waals surface area (Å²) in [4.78, 5) is 17.3. The van der Waals surface area contributed by atoms with E-state index in [0.29, 0.717) is 5.56 Å². The number of para-hydroxylation sites is 1. The highest BCUT2D eigenvalue weighted by Gasteiger charge is 2.12. The maximum Gasteiger partial charge on any atom is 0.256 e. The molecule has 130 valence electrons. The quantitative estimate of drug-likeness (QED) is 0.327. The van der Waals surface area contributed by atoms with Gasteiger partial charge in [0, 0.05) is 14.8 Å². The summed E-state index contributed by atoms with van der Waals surface area (Å²) < 4.78 is 0.918. The zero-order valence-corrected chi connectivity index (χ0v) is 16.3. The third kappa shape index (κ3) is 4.29. The number of anilines is 1. The van der Waals surface area contributed by atoms with Crippen LogP contribution in [-0.2, 0) is 4.84 Å². The van der Waals surface area contributed by atoms with Crippen LogP contribution in [0.25, 0.3) is 11.1 Å². The number of rotatable bonds is 5. The van der Waals surface area contributed by atoms with Gasteiger partial charge in [0.15, 0.2) is 0 Å². The highest BCUT2D eigenvalue weighted by atomic mass is 127. The average Bonchev–Trinajstić information content (AvgIpc) is 2.67. The standard InChI is InChI=1S/C21H17IN2O2/c1-26-23-14-15-10-12-16(13-11-15)17-6-3-5-9-20(17)24-21(25)18-7-2-4-8-19(18)22/h2-14H,1H3,(H,24,25)/b23-14+. The van der Waals surface area contributed by atoms with E-state index in [1.54, 1.807) is 6.21 Å². The van der Waals surface area contributed by atoms with E-state index in [4.69, 9.17) is 4.84 Å². The molecule has 0 unspecified atom stereocenters. The number of hydrogen-bond acceptors (Lipinski definition) is 3. The number of hydrogen-bond donors (Lipinski definition) is 1. The molecule has 0 aliphatic rings. The van der Waals surface area contributed by atoms with E-state index in [0.717, 1.165) is 25.9 Å². The Hall–Kier alpha value is -2.67. The van der Waals surface area contributed by atoms with Crippen LogP contribution < -0.4 is 5.32 Å². The van der Waals surface area contributed by atoms with Gasteiger partial charge in [-0.25, -0.2) is 0 Å². The molecule has 5 heteroatoms. The lowest BCUT2D eigenvalue weighted by molar-refractivity contribution is 0.102. The molecule has 0 atom stereocenters. The summed E-state index contributed by atoms with van der Waals surface area (Å²) in [5.74, 6) is -0.119. The van der Waals surface area contributed by atoms with Crippen molar-refractivity contribution in [1.82, 2.24) is 0 Å². The van der Waals surface area contributed by atoms with Gasteiger partial charge in [-0.15, -0.1) is 0 Å². The van der Waals surface area contributed by atoms with Crippen LogP contribution in [0, 0.1) is 3.57 Å². The van der Waals surface area contributed by atoms with Gasteiger partial charge in [0.05, 0.1) is 11.8 Å². The van der Waals surface area contributed by atoms with Gasteiger partial charge in [-0.05, 0) is 51.9 Å². The van der Waals surface area contributed by atoms with Crippen LogP contribution in [0.5, 0.6) is 0 Å². The lowest BCUT2D eigenvalue weighted by Crippen LogP contribution is -2.13. The predicted octanol–water partition coefficient (Wildman–Crippen LogP) is 5.19. The first-order valence-electron chi connectivity index (χ1n) is 8.01. The molecule has 0 saturated carbocycles. The zero-order valence-electron chi connectivity index (χ0n) is 14.1. The average molecular weight is 456 g/mol. The largest absolute Gasteiger partial charge is 0.399 e. The Balaban J connectivity index is 1.88. The molecule has 3 aromatic carbocycles. The van der Waals surface area contributed by atoms with E-state index in [1.165, 1.54) is 7.11 Å². The van der Waals surface area contributed by atoms with Crippen molar-refractivity contribution >= 4 is 40.4 Å². The molecule has 26 heavy (non-hydrogen) atoms. The van der Waals surface area contributed by atoms with Crippen molar-refractivity contribution in [2.45, 2.75) is 0 Å². The number of nitrogens with zero attached hydrogens (tertiary/aromatic N) is 1. The fraction of sp³-hybridized carbons (Fsp3) is 0.0476. The van der Waals surface area contributed by atoms with E-state index in [2.05, 4.69) is 33.1 Å². The third-order valence-electron chi connectivity index (χ3n) is 3.82. The van der Waals surface area contributed by atoms with Gasteiger partial charge in [0.1, 0.15) is 7.11 Å². The first-order valence-corrected chi connectivity index (χ1v) is 9.09. The minimum atomic E-state index is -0.119. The molecule has 1 amide bonds. The maximum absolute atomic E-state index is 12.6. The Morgan fingerprint density at radius 1 is 1.00 bits per heavy atom. The fourth-order valence-corrected chi connectivity index (χ4v) is 3.17. The van der Waals surface area contributed by atoms with Gasteiger partial charge >= 0.3 is 0 Å². The lowest BCUT2D eigenvalue weighted by atomic mass is 10.0. The molecule has 0 spiro atoms. The second kappa shape index (κ2) is 8.62. The SMILES string of the molecule is CO/N=C/c1ccc(-c2ccccc2NC(=O)c2ccccc2I)cc1. The van der Waals surface area contributed by atoms with E-state index in [-0.39, 0.29) is 5.91 Å². The van der Waals surface area contributed by atoms with Crippen molar-refractivity contribution in [3.63, 3.8) is 0 Å². The number of carbonyl (C=O) groups excluding carboxylic acids is 1. The van der Waals surface area contributed by atoms with Crippen LogP contribution in [0.3, 0.4) is 0 Å². The van der Waals surface area contributed by atoms with E-state index < -0.39 is 0 Å². The molecule has 0 aromatic heterocycles. The molecule has 0 saturated heterocycles. The molecule has 1 N–H and O–H groups in total. The monoisotopic (exact) mass is 456 g/mol. The molecule has 4 nitrogen and oxygen atoms in total. The maximum atomic E-state index is 12.6. The van der Waals surface area contributed by atoms with Crippen molar-refractivity contribution in [2.24, 2.45) is 5.16 Å². The van der Waals surface area contributed by atoms with Gasteiger partial charge in [-0.3, -0.25) is 4.79 Å². The number of benzene rings is 3. The normalized spacial score (nSPS) is 10.7. The minimum Gasteiger partial charge on any atom is -0.399 e. The highest BCUT2D eigenvalue weighted by molar-refractivity contribution is 14.1. The summed E-state index contributed by atoms with van der Waals surface area (Å²) in [5.41, 5.74) is 4.35. The van der Waals surface area contributed by atoms with Gasteiger partial charge < -0.3 is 10.2 Å². The van der Waals surface area contributed by atoms with Gasteiger partial charge in [0.2, 0.25) is 0 Å². The van der Waals surface area contributed by atoms with Gasteiger partial charge in [0.25, 0.3) is 5.91 Å². The summed E-state index contributed by atoms with van der Waals surface area (Å²) in [6, 6.07) is 23.2. The Bertz CT molecular complexity index is 937. The number of carbonyl (C=O) groups is 1. The minimum absolute atomic E-state index is 0.119. The molecular formula is C21H17IN2O2. The topological polar surface area (TPSA) is 50.7 Å². The van der Waals surface area contributed by atoms with E-state index >= 15 is 0 Å². The van der Waals surface area contributed by atoms with Crippen LogP contribution in [0.4, 0.5) is 5.69 Å². The fourth-order valence-electron chi connectivity index (χ4n) is 2.54. The van der Waals surface area contributed by atoms with Gasteiger partial charge in [-0.2, -0.15) is 0 Å². The molecule has 0 aliphatic carbocycles. The van der Waals surface area contributed by atoms with Crippen LogP contribution in [-0.4, -0.2) is 19.2 Å². The predicted molar refractivity (Wildman–Crippen MR) is 114 cm³/mol. The van der Waals surface area contributed by atoms with Crippen molar-refractivity contribution in [2.75, 3.05) is 12.4 Å². The summed E-state index contributed by atoms with van der Waals surface area (Å²) in [6.45, 7) is 0. The Labute approximate surface area is 166 Å². The van der Waals surface area contributed by atoms with E-state index in [9.17, 15) is 4.79 Å². The lowest BCUT2D eigenvalue weighted by Gasteiger charge is -2.12. The zero-order chi connectivity index (χ0) is 18.4. The Morgan fingerprint density at radius 3 is 2.42 bits per heavy atom. The molecule has 0 bridgehead atoms. The third-order valence-corrected chi connectivity index (χ3v) is 4.76. The van der Waals surface area contributed by atoms with Gasteiger partial charge in [-0.1, -0.05) is 59.8 Å². The first kappa shape index (κ1) is 18.1. The molecule has 3 aromatic rings. The molecule has 0 heterocycles. The number of amides is 1. The second-order valence-electron chi connectivity index (χ2n) is 5.52. The van der Waals surface area contributed by atoms with Crippen LogP contribution in [0.2, 0.25) is 0 Å². The highest BCUT2D eigenvalue weighted by Crippen LogP contribution is 2.28. The van der Waals surface area contributed by atoms with E-state index in [1.807, 2.05) is 72.8 Å².